The Morgan fingerprint density at radius 2 is 2.10 bits per heavy atom. The van der Waals surface area contributed by atoms with Crippen molar-refractivity contribution in [2.75, 3.05) is 26.2 Å². The number of nitrogens with one attached hydrogen (secondary N) is 1. The molecule has 0 saturated carbocycles. The highest BCUT2D eigenvalue weighted by molar-refractivity contribution is 6.31. The van der Waals surface area contributed by atoms with Crippen LogP contribution in [-0.4, -0.2) is 37.1 Å². The summed E-state index contributed by atoms with van der Waals surface area (Å²) in [6.07, 6.45) is 6.85. The maximum absolute atomic E-state index is 6.53. The van der Waals surface area contributed by atoms with Crippen LogP contribution < -0.4 is 5.32 Å². The fourth-order valence-corrected chi connectivity index (χ4v) is 5.34. The third-order valence-corrected chi connectivity index (χ3v) is 6.55. The van der Waals surface area contributed by atoms with E-state index in [0.717, 1.165) is 17.6 Å². The molecular weight excluding hydrogens is 280 g/mol. The van der Waals surface area contributed by atoms with Gasteiger partial charge in [-0.1, -0.05) is 29.8 Å². The molecule has 21 heavy (non-hydrogen) atoms. The average Bonchev–Trinajstić information content (AvgIpc) is 2.96. The van der Waals surface area contributed by atoms with E-state index in [9.17, 15) is 0 Å². The van der Waals surface area contributed by atoms with Crippen LogP contribution in [0.3, 0.4) is 0 Å². The Morgan fingerprint density at radius 3 is 3.00 bits per heavy atom. The molecule has 0 aliphatic carbocycles. The van der Waals surface area contributed by atoms with Crippen molar-refractivity contribution in [3.63, 3.8) is 0 Å². The minimum atomic E-state index is 0.474. The molecule has 0 amide bonds. The van der Waals surface area contributed by atoms with E-state index in [1.54, 1.807) is 0 Å². The van der Waals surface area contributed by atoms with Gasteiger partial charge in [0.05, 0.1) is 0 Å². The third kappa shape index (κ3) is 2.42. The zero-order valence-corrected chi connectivity index (χ0v) is 13.4. The van der Waals surface area contributed by atoms with Crippen LogP contribution in [0.1, 0.15) is 43.6 Å². The Hall–Kier alpha value is -0.570. The van der Waals surface area contributed by atoms with E-state index in [1.807, 2.05) is 6.07 Å². The van der Waals surface area contributed by atoms with E-state index < -0.39 is 0 Å². The first-order valence-corrected chi connectivity index (χ1v) is 8.85. The standard InChI is InChI=1S/C18H25ClN2/c19-17-6-2-1-5-15(17)16-13-20-9-7-18(16)8-11-21-10-3-4-14(21)12-18/h1-2,5-6,14,16,20H,3-4,7-13H2. The maximum Gasteiger partial charge on any atom is 0.0441 e. The summed E-state index contributed by atoms with van der Waals surface area (Å²) in [6.45, 7) is 4.89. The van der Waals surface area contributed by atoms with E-state index in [4.69, 9.17) is 11.6 Å². The molecule has 114 valence electrons. The lowest BCUT2D eigenvalue weighted by Gasteiger charge is -2.51. The predicted octanol–water partition coefficient (Wildman–Crippen LogP) is 3.66. The molecule has 3 atom stereocenters. The Balaban J connectivity index is 1.66. The fraction of sp³-hybridized carbons (Fsp3) is 0.667. The van der Waals surface area contributed by atoms with Gasteiger partial charge in [0.2, 0.25) is 0 Å². The summed E-state index contributed by atoms with van der Waals surface area (Å²) in [7, 11) is 0. The summed E-state index contributed by atoms with van der Waals surface area (Å²) in [6, 6.07) is 9.34. The molecule has 1 spiro atoms. The van der Waals surface area contributed by atoms with Gasteiger partial charge in [-0.25, -0.2) is 0 Å². The lowest BCUT2D eigenvalue weighted by Crippen LogP contribution is -2.52. The topological polar surface area (TPSA) is 15.3 Å². The second-order valence-electron chi connectivity index (χ2n) is 7.18. The van der Waals surface area contributed by atoms with Crippen LogP contribution in [0, 0.1) is 5.41 Å². The van der Waals surface area contributed by atoms with Crippen molar-refractivity contribution in [1.29, 1.82) is 0 Å². The Morgan fingerprint density at radius 1 is 1.19 bits per heavy atom. The van der Waals surface area contributed by atoms with Gasteiger partial charge in [-0.05, 0) is 68.8 Å². The van der Waals surface area contributed by atoms with Crippen molar-refractivity contribution in [2.24, 2.45) is 5.41 Å². The zero-order chi connectivity index (χ0) is 14.3. The summed E-state index contributed by atoms with van der Waals surface area (Å²) in [5.74, 6) is 0.586. The lowest BCUT2D eigenvalue weighted by molar-refractivity contribution is 0.0319. The second-order valence-corrected chi connectivity index (χ2v) is 7.58. The number of nitrogens with zero attached hydrogens (tertiary/aromatic N) is 1. The minimum absolute atomic E-state index is 0.474. The highest BCUT2D eigenvalue weighted by Crippen LogP contribution is 2.52. The van der Waals surface area contributed by atoms with Gasteiger partial charge in [-0.2, -0.15) is 0 Å². The van der Waals surface area contributed by atoms with Crippen LogP contribution >= 0.6 is 11.6 Å². The molecule has 1 N–H and O–H groups in total. The molecule has 3 aliphatic heterocycles. The quantitative estimate of drug-likeness (QED) is 0.852. The number of rotatable bonds is 1. The fourth-order valence-electron chi connectivity index (χ4n) is 5.07. The third-order valence-electron chi connectivity index (χ3n) is 6.21. The Labute approximate surface area is 132 Å². The zero-order valence-electron chi connectivity index (χ0n) is 12.7. The number of halogens is 1. The van der Waals surface area contributed by atoms with Gasteiger partial charge in [0.25, 0.3) is 0 Å². The Bertz CT molecular complexity index is 518. The molecule has 1 aromatic carbocycles. The van der Waals surface area contributed by atoms with Gasteiger partial charge in [-0.15, -0.1) is 0 Å². The molecule has 3 fully saturated rings. The largest absolute Gasteiger partial charge is 0.316 e. The highest BCUT2D eigenvalue weighted by Gasteiger charge is 2.47. The number of benzene rings is 1. The van der Waals surface area contributed by atoms with Gasteiger partial charge in [0, 0.05) is 23.5 Å². The van der Waals surface area contributed by atoms with Gasteiger partial charge >= 0.3 is 0 Å². The normalized spacial score (nSPS) is 36.8. The second kappa shape index (κ2) is 5.57. The first kappa shape index (κ1) is 14.0. The lowest BCUT2D eigenvalue weighted by atomic mass is 9.61. The average molecular weight is 305 g/mol. The Kier molecular flexibility index (Phi) is 3.72. The van der Waals surface area contributed by atoms with E-state index in [-0.39, 0.29) is 0 Å². The summed E-state index contributed by atoms with van der Waals surface area (Å²) in [5.41, 5.74) is 1.85. The van der Waals surface area contributed by atoms with Crippen molar-refractivity contribution in [1.82, 2.24) is 10.2 Å². The molecule has 3 saturated heterocycles. The van der Waals surface area contributed by atoms with Crippen LogP contribution in [0.25, 0.3) is 0 Å². The molecule has 2 nitrogen and oxygen atoms in total. The van der Waals surface area contributed by atoms with Gasteiger partial charge in [-0.3, -0.25) is 0 Å². The van der Waals surface area contributed by atoms with Crippen molar-refractivity contribution >= 4 is 11.6 Å². The number of hydrogen-bond acceptors (Lipinski definition) is 2. The maximum atomic E-state index is 6.53. The van der Waals surface area contributed by atoms with Crippen LogP contribution in [0.5, 0.6) is 0 Å². The molecule has 3 aliphatic rings. The molecule has 3 heterocycles. The monoisotopic (exact) mass is 304 g/mol. The first-order valence-electron chi connectivity index (χ1n) is 8.48. The summed E-state index contributed by atoms with van der Waals surface area (Å²) >= 11 is 6.53. The molecule has 0 radical (unpaired) electrons. The summed E-state index contributed by atoms with van der Waals surface area (Å²) in [5, 5.41) is 4.58. The molecule has 3 unspecified atom stereocenters. The van der Waals surface area contributed by atoms with Crippen molar-refractivity contribution in [2.45, 2.75) is 44.1 Å². The highest BCUT2D eigenvalue weighted by atomic mass is 35.5. The number of piperidine rings is 2. The molecule has 4 rings (SSSR count). The van der Waals surface area contributed by atoms with E-state index in [2.05, 4.69) is 28.4 Å². The van der Waals surface area contributed by atoms with E-state index in [1.165, 1.54) is 57.3 Å². The van der Waals surface area contributed by atoms with Crippen LogP contribution in [0.15, 0.2) is 24.3 Å². The summed E-state index contributed by atoms with van der Waals surface area (Å²) in [4.78, 5) is 2.73. The molecular formula is C18H25ClN2. The molecule has 3 heteroatoms. The van der Waals surface area contributed by atoms with Crippen LogP contribution in [0.4, 0.5) is 0 Å². The molecule has 1 aromatic rings. The molecule has 0 bridgehead atoms. The van der Waals surface area contributed by atoms with Gasteiger partial charge in [0.1, 0.15) is 0 Å². The van der Waals surface area contributed by atoms with Crippen LogP contribution in [-0.2, 0) is 0 Å². The smallest absolute Gasteiger partial charge is 0.0441 e. The van der Waals surface area contributed by atoms with Crippen LogP contribution in [0.2, 0.25) is 5.02 Å². The van der Waals surface area contributed by atoms with Gasteiger partial charge < -0.3 is 10.2 Å². The number of fused-ring (bicyclic) bond motifs is 1. The SMILES string of the molecule is Clc1ccccc1C1CNCCC12CCN1CCCC1C2. The van der Waals surface area contributed by atoms with Crippen molar-refractivity contribution < 1.29 is 0 Å². The molecule has 0 aromatic heterocycles. The van der Waals surface area contributed by atoms with E-state index >= 15 is 0 Å². The summed E-state index contributed by atoms with van der Waals surface area (Å²) < 4.78 is 0. The first-order chi connectivity index (χ1) is 10.3. The minimum Gasteiger partial charge on any atom is -0.316 e. The number of hydrogen-bond donors (Lipinski definition) is 1. The van der Waals surface area contributed by atoms with Crippen molar-refractivity contribution in [3.05, 3.63) is 34.9 Å². The van der Waals surface area contributed by atoms with E-state index in [0.29, 0.717) is 11.3 Å². The van der Waals surface area contributed by atoms with Crippen molar-refractivity contribution in [3.8, 4) is 0 Å². The van der Waals surface area contributed by atoms with Gasteiger partial charge in [0.15, 0.2) is 0 Å². The predicted molar refractivity (Wildman–Crippen MR) is 87.9 cm³/mol.